The highest BCUT2D eigenvalue weighted by Crippen LogP contribution is 2.39. The number of nitrogens with zero attached hydrogens (tertiary/aromatic N) is 1. The third-order valence-corrected chi connectivity index (χ3v) is 5.07. The van der Waals surface area contributed by atoms with E-state index >= 15 is 0 Å². The van der Waals surface area contributed by atoms with Crippen LogP contribution in [0.15, 0.2) is 77.4 Å². The zero-order valence-corrected chi connectivity index (χ0v) is 17.3. The largest absolute Gasteiger partial charge is 0.467 e. The third kappa shape index (κ3) is 4.19. The van der Waals surface area contributed by atoms with Crippen molar-refractivity contribution in [1.29, 1.82) is 0 Å². The Labute approximate surface area is 176 Å². The standard InChI is InChI=1S/C21H18BrClN2O3/c1-28-20(26)21(27,15-10-11-18(23)24-13-15)19(14-6-3-2-4-7-14)25-17-9-5-8-16(22)12-17/h2-13,19,25,27H,1H3/t19-,21-/m0/s1. The van der Waals surface area contributed by atoms with Gasteiger partial charge >= 0.3 is 5.97 Å². The Morgan fingerprint density at radius 1 is 1.18 bits per heavy atom. The van der Waals surface area contributed by atoms with E-state index in [-0.39, 0.29) is 10.7 Å². The molecule has 2 aromatic carbocycles. The second-order valence-electron chi connectivity index (χ2n) is 6.13. The molecule has 3 aromatic rings. The molecule has 28 heavy (non-hydrogen) atoms. The Morgan fingerprint density at radius 3 is 2.54 bits per heavy atom. The lowest BCUT2D eigenvalue weighted by Gasteiger charge is -2.35. The number of ether oxygens (including phenoxy) is 1. The molecule has 0 saturated heterocycles. The zero-order valence-electron chi connectivity index (χ0n) is 15.0. The number of carbonyl (C=O) groups is 1. The van der Waals surface area contributed by atoms with E-state index in [0.717, 1.165) is 4.47 Å². The molecule has 2 atom stereocenters. The zero-order chi connectivity index (χ0) is 20.1. The van der Waals surface area contributed by atoms with Gasteiger partial charge in [0.05, 0.1) is 13.2 Å². The molecule has 1 aromatic heterocycles. The molecule has 0 amide bonds. The minimum atomic E-state index is -2.05. The number of carbonyl (C=O) groups excluding carboxylic acids is 1. The van der Waals surface area contributed by atoms with Crippen LogP contribution in [0.1, 0.15) is 17.2 Å². The van der Waals surface area contributed by atoms with Crippen LogP contribution in [0.4, 0.5) is 5.69 Å². The minimum absolute atomic E-state index is 0.257. The van der Waals surface area contributed by atoms with E-state index in [1.54, 1.807) is 6.07 Å². The molecule has 7 heteroatoms. The molecule has 0 bridgehead atoms. The van der Waals surface area contributed by atoms with Gasteiger partial charge in [-0.15, -0.1) is 0 Å². The van der Waals surface area contributed by atoms with Crippen LogP contribution < -0.4 is 5.32 Å². The molecule has 0 aliphatic rings. The van der Waals surface area contributed by atoms with Crippen LogP contribution in [0.2, 0.25) is 5.15 Å². The normalized spacial score (nSPS) is 14.0. The average Bonchev–Trinajstić information content (AvgIpc) is 2.72. The summed E-state index contributed by atoms with van der Waals surface area (Å²) in [6.07, 6.45) is 1.37. The number of nitrogens with one attached hydrogen (secondary N) is 1. The predicted molar refractivity (Wildman–Crippen MR) is 112 cm³/mol. The number of benzene rings is 2. The molecule has 0 aliphatic heterocycles. The molecule has 0 saturated carbocycles. The number of methoxy groups -OCH3 is 1. The van der Waals surface area contributed by atoms with E-state index in [2.05, 4.69) is 26.2 Å². The first kappa shape index (κ1) is 20.3. The molecule has 0 aliphatic carbocycles. The van der Waals surface area contributed by atoms with Crippen molar-refractivity contribution in [2.45, 2.75) is 11.6 Å². The molecule has 0 spiro atoms. The van der Waals surface area contributed by atoms with Gasteiger partial charge in [0, 0.05) is 21.9 Å². The number of rotatable bonds is 6. The van der Waals surface area contributed by atoms with Gasteiger partial charge in [0.2, 0.25) is 5.60 Å². The number of esters is 1. The fourth-order valence-corrected chi connectivity index (χ4v) is 3.49. The monoisotopic (exact) mass is 460 g/mol. The van der Waals surface area contributed by atoms with E-state index in [1.165, 1.54) is 19.4 Å². The minimum Gasteiger partial charge on any atom is -0.467 e. The highest BCUT2D eigenvalue weighted by atomic mass is 79.9. The van der Waals surface area contributed by atoms with Crippen molar-refractivity contribution in [3.8, 4) is 0 Å². The number of hydrogen-bond acceptors (Lipinski definition) is 5. The Morgan fingerprint density at radius 2 is 1.93 bits per heavy atom. The van der Waals surface area contributed by atoms with Crippen LogP contribution in [-0.4, -0.2) is 23.2 Å². The van der Waals surface area contributed by atoms with Gasteiger partial charge in [-0.3, -0.25) is 0 Å². The molecule has 3 rings (SSSR count). The van der Waals surface area contributed by atoms with Crippen molar-refractivity contribution in [1.82, 2.24) is 4.98 Å². The second kappa shape index (κ2) is 8.73. The lowest BCUT2D eigenvalue weighted by molar-refractivity contribution is -0.165. The van der Waals surface area contributed by atoms with Crippen molar-refractivity contribution in [3.63, 3.8) is 0 Å². The Bertz CT molecular complexity index is 953. The summed E-state index contributed by atoms with van der Waals surface area (Å²) in [5, 5.41) is 15.2. The van der Waals surface area contributed by atoms with Gasteiger partial charge in [0.25, 0.3) is 0 Å². The number of anilines is 1. The van der Waals surface area contributed by atoms with Crippen LogP contribution >= 0.6 is 27.5 Å². The van der Waals surface area contributed by atoms with Crippen molar-refractivity contribution < 1.29 is 14.6 Å². The molecule has 144 valence electrons. The molecule has 0 radical (unpaired) electrons. The summed E-state index contributed by atoms with van der Waals surface area (Å²) < 4.78 is 5.83. The molecule has 0 fully saturated rings. The highest BCUT2D eigenvalue weighted by Gasteiger charge is 2.48. The lowest BCUT2D eigenvalue weighted by atomic mass is 9.83. The number of halogens is 2. The van der Waals surface area contributed by atoms with E-state index < -0.39 is 17.6 Å². The van der Waals surface area contributed by atoms with Crippen LogP contribution in [0.3, 0.4) is 0 Å². The Balaban J connectivity index is 2.16. The van der Waals surface area contributed by atoms with E-state index in [9.17, 15) is 9.90 Å². The smallest absolute Gasteiger partial charge is 0.345 e. The van der Waals surface area contributed by atoms with Crippen molar-refractivity contribution in [3.05, 3.63) is 93.7 Å². The van der Waals surface area contributed by atoms with Gasteiger partial charge in [0.15, 0.2) is 0 Å². The molecule has 2 N–H and O–H groups in total. The SMILES string of the molecule is COC(=O)[C@](O)(c1ccc(Cl)nc1)[C@@H](Nc1cccc(Br)c1)c1ccccc1. The van der Waals surface area contributed by atoms with Crippen LogP contribution in [0, 0.1) is 0 Å². The first-order valence-corrected chi connectivity index (χ1v) is 9.62. The molecule has 1 heterocycles. The molecular formula is C21H18BrClN2O3. The summed E-state index contributed by atoms with van der Waals surface area (Å²) in [5.74, 6) is -0.812. The van der Waals surface area contributed by atoms with E-state index in [4.69, 9.17) is 16.3 Å². The Kier molecular flexibility index (Phi) is 6.34. The molecule has 0 unspecified atom stereocenters. The van der Waals surface area contributed by atoms with Crippen LogP contribution in [0.25, 0.3) is 0 Å². The average molecular weight is 462 g/mol. The number of aromatic nitrogens is 1. The predicted octanol–water partition coefficient (Wildman–Crippen LogP) is 4.71. The number of pyridine rings is 1. The number of hydrogen-bond donors (Lipinski definition) is 2. The summed E-state index contributed by atoms with van der Waals surface area (Å²) in [5.41, 5.74) is -0.367. The van der Waals surface area contributed by atoms with Gasteiger partial charge in [-0.2, -0.15) is 0 Å². The third-order valence-electron chi connectivity index (χ3n) is 4.35. The highest BCUT2D eigenvalue weighted by molar-refractivity contribution is 9.10. The number of aliphatic hydroxyl groups is 1. The van der Waals surface area contributed by atoms with Crippen LogP contribution in [-0.2, 0) is 15.1 Å². The first-order chi connectivity index (χ1) is 13.4. The van der Waals surface area contributed by atoms with Crippen molar-refractivity contribution in [2.24, 2.45) is 0 Å². The van der Waals surface area contributed by atoms with E-state index in [1.807, 2.05) is 54.6 Å². The maximum Gasteiger partial charge on any atom is 0.345 e. The molecular weight excluding hydrogens is 444 g/mol. The van der Waals surface area contributed by atoms with Gasteiger partial charge in [-0.1, -0.05) is 70.0 Å². The molecule has 5 nitrogen and oxygen atoms in total. The van der Waals surface area contributed by atoms with Gasteiger partial charge in [-0.05, 0) is 29.8 Å². The summed E-state index contributed by atoms with van der Waals surface area (Å²) in [6.45, 7) is 0. The first-order valence-electron chi connectivity index (χ1n) is 8.45. The maximum atomic E-state index is 12.8. The summed E-state index contributed by atoms with van der Waals surface area (Å²) in [4.78, 5) is 16.8. The second-order valence-corrected chi connectivity index (χ2v) is 7.43. The fourth-order valence-electron chi connectivity index (χ4n) is 2.98. The Hall–Kier alpha value is -2.41. The fraction of sp³-hybridized carbons (Fsp3) is 0.143. The topological polar surface area (TPSA) is 71.5 Å². The van der Waals surface area contributed by atoms with Crippen molar-refractivity contribution >= 4 is 39.2 Å². The summed E-state index contributed by atoms with van der Waals surface area (Å²) in [7, 11) is 1.23. The van der Waals surface area contributed by atoms with Crippen molar-refractivity contribution in [2.75, 3.05) is 12.4 Å². The van der Waals surface area contributed by atoms with Gasteiger partial charge in [0.1, 0.15) is 5.15 Å². The quantitative estimate of drug-likeness (QED) is 0.411. The maximum absolute atomic E-state index is 12.8. The van der Waals surface area contributed by atoms with Gasteiger partial charge < -0.3 is 15.2 Å². The summed E-state index contributed by atoms with van der Waals surface area (Å²) in [6, 6.07) is 18.9. The lowest BCUT2D eigenvalue weighted by Crippen LogP contribution is -2.45. The van der Waals surface area contributed by atoms with E-state index in [0.29, 0.717) is 11.3 Å². The van der Waals surface area contributed by atoms with Gasteiger partial charge in [-0.25, -0.2) is 9.78 Å². The van der Waals surface area contributed by atoms with Crippen LogP contribution in [0.5, 0.6) is 0 Å². The summed E-state index contributed by atoms with van der Waals surface area (Å²) >= 11 is 9.32.